The van der Waals surface area contributed by atoms with Crippen molar-refractivity contribution in [2.45, 2.75) is 91.1 Å². The van der Waals surface area contributed by atoms with Gasteiger partial charge < -0.3 is 4.74 Å². The van der Waals surface area contributed by atoms with Gasteiger partial charge in [0.15, 0.2) is 0 Å². The van der Waals surface area contributed by atoms with Crippen LogP contribution in [0, 0.1) is 5.41 Å². The first kappa shape index (κ1) is 17.3. The molecule has 2 heteroatoms. The summed E-state index contributed by atoms with van der Waals surface area (Å²) < 4.78 is 5.61. The van der Waals surface area contributed by atoms with Gasteiger partial charge in [0.2, 0.25) is 0 Å². The molecule has 20 heavy (non-hydrogen) atoms. The zero-order chi connectivity index (χ0) is 14.8. The van der Waals surface area contributed by atoms with Crippen molar-refractivity contribution in [2.75, 3.05) is 0 Å². The topological polar surface area (TPSA) is 26.3 Å². The maximum absolute atomic E-state index is 11.5. The van der Waals surface area contributed by atoms with Gasteiger partial charge in [-0.1, -0.05) is 71.8 Å². The molecule has 116 valence electrons. The van der Waals surface area contributed by atoms with Crippen LogP contribution in [-0.2, 0) is 9.53 Å². The molecule has 0 aromatic heterocycles. The van der Waals surface area contributed by atoms with E-state index in [1.165, 1.54) is 57.8 Å². The van der Waals surface area contributed by atoms with E-state index in [0.29, 0.717) is 0 Å². The fraction of sp³-hybridized carbons (Fsp3) is 0.833. The van der Waals surface area contributed by atoms with Gasteiger partial charge in [-0.15, -0.1) is 0 Å². The van der Waals surface area contributed by atoms with Crippen LogP contribution >= 0.6 is 0 Å². The molecule has 0 fully saturated rings. The molecule has 0 N–H and O–H groups in total. The van der Waals surface area contributed by atoms with Crippen molar-refractivity contribution in [3.05, 3.63) is 12.2 Å². The lowest BCUT2D eigenvalue weighted by Crippen LogP contribution is -2.37. The Morgan fingerprint density at radius 1 is 1.10 bits per heavy atom. The van der Waals surface area contributed by atoms with E-state index in [1.54, 1.807) is 6.08 Å². The van der Waals surface area contributed by atoms with Crippen molar-refractivity contribution < 1.29 is 9.53 Å². The molecular weight excluding hydrogens is 248 g/mol. The molecule has 0 radical (unpaired) electrons. The highest BCUT2D eigenvalue weighted by atomic mass is 16.5. The highest BCUT2D eigenvalue weighted by Gasteiger charge is 2.36. The lowest BCUT2D eigenvalue weighted by Gasteiger charge is -2.38. The van der Waals surface area contributed by atoms with Crippen LogP contribution in [0.1, 0.15) is 85.0 Å². The second kappa shape index (κ2) is 9.20. The Bertz CT molecular complexity index is 309. The zero-order valence-corrected chi connectivity index (χ0v) is 13.6. The van der Waals surface area contributed by atoms with Crippen LogP contribution in [0.5, 0.6) is 0 Å². The molecule has 0 aliphatic carbocycles. The van der Waals surface area contributed by atoms with Crippen molar-refractivity contribution in [3.63, 3.8) is 0 Å². The van der Waals surface area contributed by atoms with Gasteiger partial charge in [0.1, 0.15) is 6.10 Å². The third-order valence-corrected chi connectivity index (χ3v) is 4.59. The number of carbonyl (C=O) groups is 1. The number of unbranched alkanes of at least 4 members (excludes halogenated alkanes) is 5. The maximum atomic E-state index is 11.5. The first-order chi connectivity index (χ1) is 9.62. The van der Waals surface area contributed by atoms with Gasteiger partial charge in [-0.3, -0.25) is 0 Å². The summed E-state index contributed by atoms with van der Waals surface area (Å²) in [6.45, 7) is 6.81. The van der Waals surface area contributed by atoms with Gasteiger partial charge >= 0.3 is 5.97 Å². The molecule has 0 saturated carbocycles. The second-order valence-electron chi connectivity index (χ2n) is 6.49. The summed E-state index contributed by atoms with van der Waals surface area (Å²) in [4.78, 5) is 11.5. The maximum Gasteiger partial charge on any atom is 0.330 e. The van der Waals surface area contributed by atoms with E-state index in [9.17, 15) is 4.79 Å². The molecule has 1 rings (SSSR count). The summed E-state index contributed by atoms with van der Waals surface area (Å²) in [6.07, 6.45) is 15.8. The third-order valence-electron chi connectivity index (χ3n) is 4.59. The van der Waals surface area contributed by atoms with E-state index in [4.69, 9.17) is 4.74 Å². The van der Waals surface area contributed by atoms with Gasteiger partial charge in [-0.05, 0) is 12.8 Å². The first-order valence-electron chi connectivity index (χ1n) is 8.49. The molecule has 2 atom stereocenters. The number of esters is 1. The average molecular weight is 280 g/mol. The molecule has 1 aliphatic heterocycles. The Hall–Kier alpha value is -0.790. The summed E-state index contributed by atoms with van der Waals surface area (Å²) in [5.74, 6) is -0.156. The Kier molecular flexibility index (Phi) is 7.94. The molecule has 0 aromatic carbocycles. The fourth-order valence-corrected chi connectivity index (χ4v) is 3.12. The fourth-order valence-electron chi connectivity index (χ4n) is 3.12. The molecule has 0 bridgehead atoms. The predicted molar refractivity (Wildman–Crippen MR) is 84.6 cm³/mol. The van der Waals surface area contributed by atoms with E-state index in [0.717, 1.165) is 6.42 Å². The molecule has 1 aliphatic rings. The number of carbonyl (C=O) groups excluding carboxylic acids is 1. The van der Waals surface area contributed by atoms with E-state index >= 15 is 0 Å². The van der Waals surface area contributed by atoms with Crippen molar-refractivity contribution in [1.29, 1.82) is 0 Å². The lowest BCUT2D eigenvalue weighted by atomic mass is 9.73. The number of hydrogen-bond acceptors (Lipinski definition) is 2. The van der Waals surface area contributed by atoms with Gasteiger partial charge in [0, 0.05) is 17.9 Å². The molecular formula is C18H32O2. The highest BCUT2D eigenvalue weighted by molar-refractivity contribution is 5.82. The Labute approximate surface area is 125 Å². The normalized spacial score (nSPS) is 21.6. The average Bonchev–Trinajstić information content (AvgIpc) is 2.44. The number of rotatable bonds is 10. The van der Waals surface area contributed by atoms with Crippen LogP contribution in [0.25, 0.3) is 0 Å². The zero-order valence-electron chi connectivity index (χ0n) is 13.6. The first-order valence-corrected chi connectivity index (χ1v) is 8.49. The summed E-state index contributed by atoms with van der Waals surface area (Å²) in [5, 5.41) is 0. The monoisotopic (exact) mass is 280 g/mol. The van der Waals surface area contributed by atoms with Crippen molar-refractivity contribution >= 4 is 5.97 Å². The summed E-state index contributed by atoms with van der Waals surface area (Å²) in [7, 11) is 0. The molecule has 2 nitrogen and oxygen atoms in total. The van der Waals surface area contributed by atoms with Crippen molar-refractivity contribution in [3.8, 4) is 0 Å². The minimum absolute atomic E-state index is 0.0819. The lowest BCUT2D eigenvalue weighted by molar-refractivity contribution is -0.152. The number of ether oxygens (including phenoxy) is 1. The van der Waals surface area contributed by atoms with Crippen LogP contribution in [0.15, 0.2) is 12.2 Å². The SMILES string of the molecule is CCCCCCC(C)(CCCCC)C1CC=CC(=O)O1. The van der Waals surface area contributed by atoms with Gasteiger partial charge in [0.05, 0.1) is 0 Å². The summed E-state index contributed by atoms with van der Waals surface area (Å²) in [6, 6.07) is 0. The van der Waals surface area contributed by atoms with Crippen LogP contribution in [0.4, 0.5) is 0 Å². The molecule has 0 saturated heterocycles. The predicted octanol–water partition coefficient (Wildman–Crippen LogP) is 5.42. The Morgan fingerprint density at radius 2 is 1.70 bits per heavy atom. The minimum Gasteiger partial charge on any atom is -0.458 e. The van der Waals surface area contributed by atoms with Crippen LogP contribution < -0.4 is 0 Å². The summed E-state index contributed by atoms with van der Waals surface area (Å²) in [5.41, 5.74) is 0.156. The minimum atomic E-state index is -0.156. The molecule has 2 unspecified atom stereocenters. The molecule has 0 spiro atoms. The Morgan fingerprint density at radius 3 is 2.30 bits per heavy atom. The highest BCUT2D eigenvalue weighted by Crippen LogP contribution is 2.39. The molecule has 0 aromatic rings. The smallest absolute Gasteiger partial charge is 0.330 e. The van der Waals surface area contributed by atoms with E-state index in [1.807, 2.05) is 6.08 Å². The van der Waals surface area contributed by atoms with Crippen molar-refractivity contribution in [1.82, 2.24) is 0 Å². The Balaban J connectivity index is 2.57. The third kappa shape index (κ3) is 5.68. The standard InChI is InChI=1S/C18H32O2/c1-4-6-8-10-15-18(3,14-9-7-5-2)16-12-11-13-17(19)20-16/h11,13,16H,4-10,12,14-15H2,1-3H3. The largest absolute Gasteiger partial charge is 0.458 e. The molecule has 1 heterocycles. The van der Waals surface area contributed by atoms with E-state index < -0.39 is 0 Å². The second-order valence-corrected chi connectivity index (χ2v) is 6.49. The van der Waals surface area contributed by atoms with Crippen LogP contribution in [0.3, 0.4) is 0 Å². The number of cyclic esters (lactones) is 1. The van der Waals surface area contributed by atoms with Gasteiger partial charge in [-0.2, -0.15) is 0 Å². The van der Waals surface area contributed by atoms with Gasteiger partial charge in [-0.25, -0.2) is 4.79 Å². The number of hydrogen-bond donors (Lipinski definition) is 0. The van der Waals surface area contributed by atoms with Gasteiger partial charge in [0.25, 0.3) is 0 Å². The summed E-state index contributed by atoms with van der Waals surface area (Å²) >= 11 is 0. The quantitative estimate of drug-likeness (QED) is 0.395. The van der Waals surface area contributed by atoms with Crippen LogP contribution in [-0.4, -0.2) is 12.1 Å². The van der Waals surface area contributed by atoms with Crippen LogP contribution in [0.2, 0.25) is 0 Å². The molecule has 0 amide bonds. The van der Waals surface area contributed by atoms with E-state index in [2.05, 4.69) is 20.8 Å². The van der Waals surface area contributed by atoms with Crippen molar-refractivity contribution in [2.24, 2.45) is 5.41 Å². The van der Waals surface area contributed by atoms with E-state index in [-0.39, 0.29) is 17.5 Å².